The maximum absolute atomic E-state index is 6.21. The van der Waals surface area contributed by atoms with Gasteiger partial charge in [0.05, 0.1) is 42.6 Å². The van der Waals surface area contributed by atoms with Crippen molar-refractivity contribution in [1.82, 2.24) is 29.5 Å². The maximum Gasteiger partial charge on any atom is 0.238 e. The number of aryl methyl sites for hydroxylation is 1. The van der Waals surface area contributed by atoms with Crippen LogP contribution in [0.1, 0.15) is 34.4 Å². The SMILES string of the molecule is COc1cccnc1C1CN=C(c2ncn3c2Cc2cnnn2-c2cc(C)ccc2-3)O1. The fourth-order valence-electron chi connectivity index (χ4n) is 4.15. The minimum atomic E-state index is -0.309. The van der Waals surface area contributed by atoms with E-state index >= 15 is 0 Å². The summed E-state index contributed by atoms with van der Waals surface area (Å²) in [4.78, 5) is 13.8. The molecular weight excluding hydrogens is 394 g/mol. The van der Waals surface area contributed by atoms with Gasteiger partial charge in [-0.25, -0.2) is 14.7 Å². The summed E-state index contributed by atoms with van der Waals surface area (Å²) in [6.07, 6.45) is 5.64. The molecule has 0 saturated carbocycles. The van der Waals surface area contributed by atoms with Crippen LogP contribution in [-0.4, -0.2) is 49.1 Å². The van der Waals surface area contributed by atoms with Crippen molar-refractivity contribution in [3.8, 4) is 17.1 Å². The molecule has 6 rings (SSSR count). The summed E-state index contributed by atoms with van der Waals surface area (Å²) in [6, 6.07) is 9.98. The highest BCUT2D eigenvalue weighted by atomic mass is 16.5. The first kappa shape index (κ1) is 17.8. The summed E-state index contributed by atoms with van der Waals surface area (Å²) >= 11 is 0. The van der Waals surface area contributed by atoms with Gasteiger partial charge in [-0.15, -0.1) is 5.10 Å². The normalized spacial score (nSPS) is 16.6. The van der Waals surface area contributed by atoms with Gasteiger partial charge in [-0.3, -0.25) is 9.55 Å². The molecule has 1 unspecified atom stereocenters. The highest BCUT2D eigenvalue weighted by Crippen LogP contribution is 2.33. The minimum Gasteiger partial charge on any atom is -0.495 e. The van der Waals surface area contributed by atoms with Crippen LogP contribution in [-0.2, 0) is 11.2 Å². The molecular formula is C22H19N7O2. The number of hydrogen-bond acceptors (Lipinski definition) is 7. The number of ether oxygens (including phenoxy) is 2. The Morgan fingerprint density at radius 1 is 1.16 bits per heavy atom. The molecule has 0 radical (unpaired) electrons. The molecule has 1 aromatic carbocycles. The van der Waals surface area contributed by atoms with E-state index in [9.17, 15) is 0 Å². The molecule has 3 aromatic heterocycles. The van der Waals surface area contributed by atoms with Crippen molar-refractivity contribution < 1.29 is 9.47 Å². The van der Waals surface area contributed by atoms with Crippen molar-refractivity contribution in [3.63, 3.8) is 0 Å². The zero-order valence-electron chi connectivity index (χ0n) is 17.1. The number of aromatic nitrogens is 6. The molecule has 4 aromatic rings. The van der Waals surface area contributed by atoms with Crippen LogP contribution in [0.2, 0.25) is 0 Å². The van der Waals surface area contributed by atoms with Crippen LogP contribution in [0.25, 0.3) is 11.4 Å². The number of rotatable bonds is 3. The predicted molar refractivity (Wildman–Crippen MR) is 112 cm³/mol. The van der Waals surface area contributed by atoms with Crippen LogP contribution in [0.5, 0.6) is 5.75 Å². The van der Waals surface area contributed by atoms with Crippen molar-refractivity contribution >= 4 is 5.90 Å². The summed E-state index contributed by atoms with van der Waals surface area (Å²) in [6.45, 7) is 2.53. The van der Waals surface area contributed by atoms with Gasteiger partial charge in [0, 0.05) is 12.6 Å². The molecule has 31 heavy (non-hydrogen) atoms. The van der Waals surface area contributed by atoms with E-state index in [4.69, 9.17) is 9.47 Å². The van der Waals surface area contributed by atoms with Crippen LogP contribution >= 0.6 is 0 Å². The van der Waals surface area contributed by atoms with Crippen LogP contribution in [0, 0.1) is 6.92 Å². The smallest absolute Gasteiger partial charge is 0.238 e. The molecule has 0 N–H and O–H groups in total. The third-order valence-corrected chi connectivity index (χ3v) is 5.64. The average molecular weight is 413 g/mol. The van der Waals surface area contributed by atoms with Gasteiger partial charge in [0.2, 0.25) is 5.90 Å². The number of hydrogen-bond donors (Lipinski definition) is 0. The molecule has 9 nitrogen and oxygen atoms in total. The van der Waals surface area contributed by atoms with Gasteiger partial charge in [0.1, 0.15) is 23.5 Å². The van der Waals surface area contributed by atoms with Crippen molar-refractivity contribution in [3.05, 3.63) is 77.4 Å². The molecule has 0 aliphatic carbocycles. The van der Waals surface area contributed by atoms with Gasteiger partial charge >= 0.3 is 0 Å². The van der Waals surface area contributed by atoms with E-state index < -0.39 is 0 Å². The fraction of sp³-hybridized carbons (Fsp3) is 0.227. The molecule has 5 heterocycles. The lowest BCUT2D eigenvalue weighted by molar-refractivity contribution is 0.218. The third-order valence-electron chi connectivity index (χ3n) is 5.64. The Hall–Kier alpha value is -4.01. The van der Waals surface area contributed by atoms with E-state index in [1.807, 2.05) is 23.1 Å². The second kappa shape index (κ2) is 6.76. The summed E-state index contributed by atoms with van der Waals surface area (Å²) in [5.41, 5.74) is 6.54. The topological polar surface area (TPSA) is 92.2 Å². The number of fused-ring (bicyclic) bond motifs is 5. The maximum atomic E-state index is 6.21. The van der Waals surface area contributed by atoms with E-state index in [1.54, 1.807) is 19.5 Å². The summed E-state index contributed by atoms with van der Waals surface area (Å²) < 4.78 is 15.6. The van der Waals surface area contributed by atoms with Gasteiger partial charge in [-0.2, -0.15) is 0 Å². The zero-order chi connectivity index (χ0) is 20.9. The van der Waals surface area contributed by atoms with Gasteiger partial charge in [-0.05, 0) is 36.8 Å². The fourth-order valence-corrected chi connectivity index (χ4v) is 4.15. The number of methoxy groups -OCH3 is 1. The van der Waals surface area contributed by atoms with Crippen molar-refractivity contribution in [2.75, 3.05) is 13.7 Å². The number of nitrogens with zero attached hydrogens (tertiary/aromatic N) is 7. The number of benzene rings is 1. The molecule has 0 spiro atoms. The van der Waals surface area contributed by atoms with Gasteiger partial charge in [-0.1, -0.05) is 11.3 Å². The molecule has 154 valence electrons. The Labute approximate surface area is 178 Å². The van der Waals surface area contributed by atoms with E-state index in [0.29, 0.717) is 24.6 Å². The van der Waals surface area contributed by atoms with E-state index in [0.717, 1.165) is 39.7 Å². The van der Waals surface area contributed by atoms with Crippen LogP contribution in [0.3, 0.4) is 0 Å². The lowest BCUT2D eigenvalue weighted by Gasteiger charge is -2.14. The van der Waals surface area contributed by atoms with E-state index in [-0.39, 0.29) is 6.10 Å². The summed E-state index contributed by atoms with van der Waals surface area (Å²) in [5.74, 6) is 1.20. The highest BCUT2D eigenvalue weighted by Gasteiger charge is 2.31. The molecule has 9 heteroatoms. The van der Waals surface area contributed by atoms with Crippen LogP contribution < -0.4 is 4.74 Å². The molecule has 0 bridgehead atoms. The third kappa shape index (κ3) is 2.73. The summed E-state index contributed by atoms with van der Waals surface area (Å²) in [7, 11) is 1.63. The monoisotopic (exact) mass is 413 g/mol. The lowest BCUT2D eigenvalue weighted by atomic mass is 10.2. The zero-order valence-corrected chi connectivity index (χ0v) is 17.1. The first-order valence-corrected chi connectivity index (χ1v) is 10.0. The number of aliphatic imine (C=N–C) groups is 1. The Bertz CT molecular complexity index is 1340. The van der Waals surface area contributed by atoms with Crippen molar-refractivity contribution in [2.45, 2.75) is 19.4 Å². The Balaban J connectivity index is 1.41. The van der Waals surface area contributed by atoms with Gasteiger partial charge in [0.25, 0.3) is 0 Å². The second-order valence-electron chi connectivity index (χ2n) is 7.56. The number of pyridine rings is 1. The Morgan fingerprint density at radius 3 is 3.00 bits per heavy atom. The number of imidazole rings is 1. The molecule has 1 atom stereocenters. The van der Waals surface area contributed by atoms with E-state index in [1.165, 1.54) is 0 Å². The molecule has 0 fully saturated rings. The van der Waals surface area contributed by atoms with Gasteiger partial charge in [0.15, 0.2) is 6.10 Å². The van der Waals surface area contributed by atoms with Crippen LogP contribution in [0.15, 0.2) is 54.0 Å². The largest absolute Gasteiger partial charge is 0.495 e. The highest BCUT2D eigenvalue weighted by molar-refractivity contribution is 5.95. The molecule has 2 aliphatic rings. The Kier molecular flexibility index (Phi) is 3.89. The Morgan fingerprint density at radius 2 is 2.10 bits per heavy atom. The van der Waals surface area contributed by atoms with Crippen LogP contribution in [0.4, 0.5) is 0 Å². The first-order chi connectivity index (χ1) is 15.2. The van der Waals surface area contributed by atoms with Gasteiger partial charge < -0.3 is 9.47 Å². The minimum absolute atomic E-state index is 0.309. The quantitative estimate of drug-likeness (QED) is 0.451. The molecule has 0 amide bonds. The lowest BCUT2D eigenvalue weighted by Crippen LogP contribution is -2.12. The van der Waals surface area contributed by atoms with Crippen molar-refractivity contribution in [1.29, 1.82) is 0 Å². The molecule has 0 saturated heterocycles. The first-order valence-electron chi connectivity index (χ1n) is 10.0. The standard InChI is InChI=1S/C22H19N7O2/c1-13-5-6-15-16(8-13)29-14(10-26-27-29)9-17-20(25-12-28(15)17)22-24-11-19(31-22)21-18(30-2)4-3-7-23-21/h3-8,10,12,19H,9,11H2,1-2H3. The summed E-state index contributed by atoms with van der Waals surface area (Å²) in [5, 5.41) is 8.44. The molecule has 2 aliphatic heterocycles. The van der Waals surface area contributed by atoms with E-state index in [2.05, 4.69) is 55.0 Å². The second-order valence-corrected chi connectivity index (χ2v) is 7.56. The van der Waals surface area contributed by atoms with Crippen molar-refractivity contribution in [2.24, 2.45) is 4.99 Å². The predicted octanol–water partition coefficient (Wildman–Crippen LogP) is 2.59. The average Bonchev–Trinajstić information content (AvgIpc) is 3.53.